The van der Waals surface area contributed by atoms with Crippen molar-refractivity contribution >= 4 is 10.2 Å². The molecule has 1 saturated carbocycles. The molecule has 6 nitrogen and oxygen atoms in total. The Bertz CT molecular complexity index is 336. The molecule has 0 amide bonds. The lowest BCUT2D eigenvalue weighted by atomic mass is 10.3. The summed E-state index contributed by atoms with van der Waals surface area (Å²) in [5.41, 5.74) is 0. The zero-order valence-corrected chi connectivity index (χ0v) is 11.2. The molecule has 0 unspecified atom stereocenters. The zero-order valence-electron chi connectivity index (χ0n) is 10.4. The Labute approximate surface area is 104 Å². The summed E-state index contributed by atoms with van der Waals surface area (Å²) in [6.07, 6.45) is 1.95. The van der Waals surface area contributed by atoms with Crippen molar-refractivity contribution in [2.24, 2.45) is 0 Å². The maximum atomic E-state index is 11.8. The van der Waals surface area contributed by atoms with Crippen LogP contribution in [0.15, 0.2) is 0 Å². The highest BCUT2D eigenvalue weighted by molar-refractivity contribution is 7.87. The van der Waals surface area contributed by atoms with Gasteiger partial charge < -0.3 is 5.32 Å². The largest absolute Gasteiger partial charge is 0.314 e. The fraction of sp³-hybridized carbons (Fsp3) is 1.00. The van der Waals surface area contributed by atoms with E-state index in [0.29, 0.717) is 6.54 Å². The van der Waals surface area contributed by atoms with E-state index in [1.54, 1.807) is 7.05 Å². The minimum Gasteiger partial charge on any atom is -0.314 e. The van der Waals surface area contributed by atoms with E-state index in [1.807, 2.05) is 0 Å². The Morgan fingerprint density at radius 1 is 1.35 bits per heavy atom. The van der Waals surface area contributed by atoms with Gasteiger partial charge in [0.1, 0.15) is 0 Å². The average molecular weight is 262 g/mol. The average Bonchev–Trinajstić information content (AvgIpc) is 3.10. The summed E-state index contributed by atoms with van der Waals surface area (Å²) < 4.78 is 27.8. The Kier molecular flexibility index (Phi) is 4.37. The van der Waals surface area contributed by atoms with Gasteiger partial charge in [-0.1, -0.05) is 0 Å². The molecule has 7 heteroatoms. The van der Waals surface area contributed by atoms with Crippen molar-refractivity contribution in [2.75, 3.05) is 46.3 Å². The van der Waals surface area contributed by atoms with Crippen molar-refractivity contribution < 1.29 is 8.42 Å². The van der Waals surface area contributed by atoms with Crippen molar-refractivity contribution in [3.8, 4) is 0 Å². The summed E-state index contributed by atoms with van der Waals surface area (Å²) in [7, 11) is -1.61. The lowest BCUT2D eigenvalue weighted by Gasteiger charge is -2.28. The van der Waals surface area contributed by atoms with Gasteiger partial charge in [-0.2, -0.15) is 17.4 Å². The van der Waals surface area contributed by atoms with E-state index in [1.165, 1.54) is 4.31 Å². The number of hydrogen-bond acceptors (Lipinski definition) is 4. The molecule has 1 heterocycles. The maximum absolute atomic E-state index is 11.8. The van der Waals surface area contributed by atoms with Crippen LogP contribution in [0.3, 0.4) is 0 Å². The fourth-order valence-corrected chi connectivity index (χ4v) is 3.00. The molecule has 2 fully saturated rings. The van der Waals surface area contributed by atoms with Crippen molar-refractivity contribution in [1.29, 1.82) is 0 Å². The number of hydrogen-bond donors (Lipinski definition) is 2. The monoisotopic (exact) mass is 262 g/mol. The van der Waals surface area contributed by atoms with E-state index in [4.69, 9.17) is 0 Å². The molecule has 1 aliphatic heterocycles. The molecule has 0 radical (unpaired) electrons. The van der Waals surface area contributed by atoms with Crippen molar-refractivity contribution in [3.63, 3.8) is 0 Å². The predicted molar refractivity (Wildman–Crippen MR) is 67.0 cm³/mol. The molecule has 0 bridgehead atoms. The molecular formula is C10H22N4O2S. The molecule has 0 aromatic carbocycles. The van der Waals surface area contributed by atoms with Crippen LogP contribution < -0.4 is 10.0 Å². The first-order chi connectivity index (χ1) is 8.08. The molecular weight excluding hydrogens is 240 g/mol. The standard InChI is InChI=1S/C10H22N4O2S/c1-13(17(15,16)12-10-2-3-10)8-9-14-6-4-11-5-7-14/h10-12H,2-9H2,1H3. The van der Waals surface area contributed by atoms with Gasteiger partial charge in [0.15, 0.2) is 0 Å². The quantitative estimate of drug-likeness (QED) is 0.632. The van der Waals surface area contributed by atoms with Crippen LogP contribution in [0.1, 0.15) is 12.8 Å². The molecule has 0 atom stereocenters. The summed E-state index contributed by atoms with van der Waals surface area (Å²) in [4.78, 5) is 2.29. The predicted octanol–water partition coefficient (Wildman–Crippen LogP) is -1.18. The molecule has 17 heavy (non-hydrogen) atoms. The molecule has 2 rings (SSSR count). The second-order valence-corrected chi connectivity index (χ2v) is 6.62. The third kappa shape index (κ3) is 4.18. The van der Waals surface area contributed by atoms with Gasteiger partial charge in [-0.25, -0.2) is 0 Å². The third-order valence-electron chi connectivity index (χ3n) is 3.24. The number of nitrogens with one attached hydrogen (secondary N) is 2. The lowest BCUT2D eigenvalue weighted by Crippen LogP contribution is -2.48. The van der Waals surface area contributed by atoms with Crippen LogP contribution in [0.4, 0.5) is 0 Å². The Hall–Kier alpha value is -0.210. The normalized spacial score (nSPS) is 23.2. The number of likely N-dealkylation sites (N-methyl/N-ethyl adjacent to an activating group) is 1. The van der Waals surface area contributed by atoms with Gasteiger partial charge in [0, 0.05) is 52.4 Å². The molecule has 0 spiro atoms. The molecule has 100 valence electrons. The Balaban J connectivity index is 1.73. The summed E-state index contributed by atoms with van der Waals surface area (Å²) in [5.74, 6) is 0. The van der Waals surface area contributed by atoms with Gasteiger partial charge in [0.2, 0.25) is 0 Å². The van der Waals surface area contributed by atoms with E-state index in [-0.39, 0.29) is 6.04 Å². The Morgan fingerprint density at radius 2 is 2.00 bits per heavy atom. The topological polar surface area (TPSA) is 64.7 Å². The smallest absolute Gasteiger partial charge is 0.279 e. The van der Waals surface area contributed by atoms with E-state index >= 15 is 0 Å². The second kappa shape index (κ2) is 5.62. The number of rotatable bonds is 6. The van der Waals surface area contributed by atoms with Gasteiger partial charge in [0.05, 0.1) is 0 Å². The highest BCUT2D eigenvalue weighted by Crippen LogP contribution is 2.20. The number of nitrogens with zero attached hydrogens (tertiary/aromatic N) is 2. The lowest BCUT2D eigenvalue weighted by molar-refractivity contribution is 0.229. The molecule has 2 N–H and O–H groups in total. The maximum Gasteiger partial charge on any atom is 0.279 e. The van der Waals surface area contributed by atoms with Crippen LogP contribution in [0.25, 0.3) is 0 Å². The van der Waals surface area contributed by atoms with Crippen LogP contribution >= 0.6 is 0 Å². The third-order valence-corrected chi connectivity index (χ3v) is 4.88. The van der Waals surface area contributed by atoms with Crippen molar-refractivity contribution in [2.45, 2.75) is 18.9 Å². The SMILES string of the molecule is CN(CCN1CCNCC1)S(=O)(=O)NC1CC1. The summed E-state index contributed by atoms with van der Waals surface area (Å²) in [6.45, 7) is 5.37. The van der Waals surface area contributed by atoms with Crippen molar-refractivity contribution in [1.82, 2.24) is 19.2 Å². The van der Waals surface area contributed by atoms with Gasteiger partial charge in [-0.15, -0.1) is 0 Å². The molecule has 1 saturated heterocycles. The molecule has 1 aliphatic carbocycles. The highest BCUT2D eigenvalue weighted by atomic mass is 32.2. The van der Waals surface area contributed by atoms with Crippen LogP contribution in [0.5, 0.6) is 0 Å². The van der Waals surface area contributed by atoms with E-state index in [2.05, 4.69) is 14.9 Å². The molecule has 0 aromatic heterocycles. The van der Waals surface area contributed by atoms with E-state index in [0.717, 1.165) is 45.6 Å². The van der Waals surface area contributed by atoms with E-state index in [9.17, 15) is 8.42 Å². The first-order valence-electron chi connectivity index (χ1n) is 6.24. The fourth-order valence-electron chi connectivity index (χ4n) is 1.84. The van der Waals surface area contributed by atoms with Gasteiger partial charge in [-0.3, -0.25) is 4.90 Å². The van der Waals surface area contributed by atoms with Gasteiger partial charge >= 0.3 is 0 Å². The number of piperazine rings is 1. The summed E-state index contributed by atoms with van der Waals surface area (Å²) in [5, 5.41) is 3.28. The minimum atomic E-state index is -3.26. The van der Waals surface area contributed by atoms with Crippen LogP contribution in [-0.4, -0.2) is 70.0 Å². The highest BCUT2D eigenvalue weighted by Gasteiger charge is 2.29. The van der Waals surface area contributed by atoms with Crippen LogP contribution in [-0.2, 0) is 10.2 Å². The van der Waals surface area contributed by atoms with Gasteiger partial charge in [0.25, 0.3) is 10.2 Å². The Morgan fingerprint density at radius 3 is 2.59 bits per heavy atom. The summed E-state index contributed by atoms with van der Waals surface area (Å²) >= 11 is 0. The van der Waals surface area contributed by atoms with Gasteiger partial charge in [-0.05, 0) is 12.8 Å². The zero-order chi connectivity index (χ0) is 12.3. The van der Waals surface area contributed by atoms with Crippen LogP contribution in [0.2, 0.25) is 0 Å². The first kappa shape index (κ1) is 13.2. The van der Waals surface area contributed by atoms with E-state index < -0.39 is 10.2 Å². The second-order valence-electron chi connectivity index (χ2n) is 4.81. The molecule has 0 aromatic rings. The summed E-state index contributed by atoms with van der Waals surface area (Å²) in [6, 6.07) is 0.182. The van der Waals surface area contributed by atoms with Crippen LogP contribution in [0, 0.1) is 0 Å². The van der Waals surface area contributed by atoms with Crippen molar-refractivity contribution in [3.05, 3.63) is 0 Å². The minimum absolute atomic E-state index is 0.182. The molecule has 2 aliphatic rings. The first-order valence-corrected chi connectivity index (χ1v) is 7.68.